The number of nitrogens with one attached hydrogen (secondary N) is 1. The number of aliphatic imine (C=N–C) groups is 1. The fourth-order valence-corrected chi connectivity index (χ4v) is 1.23. The summed E-state index contributed by atoms with van der Waals surface area (Å²) in [5.41, 5.74) is 2.16. The van der Waals surface area contributed by atoms with Gasteiger partial charge in [-0.3, -0.25) is 4.99 Å². The number of nitrogens with zero attached hydrogens (tertiary/aromatic N) is 2. The molecule has 0 amide bonds. The first-order valence-corrected chi connectivity index (χ1v) is 5.25. The van der Waals surface area contributed by atoms with Gasteiger partial charge in [-0.1, -0.05) is 13.5 Å². The zero-order valence-electron chi connectivity index (χ0n) is 9.93. The van der Waals surface area contributed by atoms with Crippen molar-refractivity contribution in [3.8, 4) is 0 Å². The van der Waals surface area contributed by atoms with Crippen LogP contribution in [0.25, 0.3) is 0 Å². The van der Waals surface area contributed by atoms with E-state index in [9.17, 15) is 0 Å². The summed E-state index contributed by atoms with van der Waals surface area (Å²) in [4.78, 5) is 6.57. The summed E-state index contributed by atoms with van der Waals surface area (Å²) in [7, 11) is 4.01. The number of rotatable bonds is 7. The second-order valence-corrected chi connectivity index (χ2v) is 3.25. The molecule has 0 atom stereocenters. The molecule has 0 saturated carbocycles. The summed E-state index contributed by atoms with van der Waals surface area (Å²) in [5, 5.41) is 3.12. The fourth-order valence-electron chi connectivity index (χ4n) is 1.23. The molecule has 0 aromatic carbocycles. The Balaban J connectivity index is 4.20. The maximum Gasteiger partial charge on any atom is 0.0572 e. The molecule has 3 heteroatoms. The Morgan fingerprint density at radius 2 is 2.07 bits per heavy atom. The molecule has 0 saturated heterocycles. The molecule has 0 aliphatic carbocycles. The van der Waals surface area contributed by atoms with E-state index in [4.69, 9.17) is 0 Å². The predicted octanol–water partition coefficient (Wildman–Crippen LogP) is 1.52. The van der Waals surface area contributed by atoms with Crippen molar-refractivity contribution in [1.82, 2.24) is 10.2 Å². The van der Waals surface area contributed by atoms with Gasteiger partial charge in [0.25, 0.3) is 0 Å². The molecule has 1 N–H and O–H groups in total. The molecule has 0 heterocycles. The maximum absolute atomic E-state index is 4.43. The van der Waals surface area contributed by atoms with Gasteiger partial charge in [-0.05, 0) is 20.4 Å². The van der Waals surface area contributed by atoms with E-state index < -0.39 is 0 Å². The lowest BCUT2D eigenvalue weighted by molar-refractivity contribution is 0.434. The van der Waals surface area contributed by atoms with E-state index in [0.717, 1.165) is 37.5 Å². The molecule has 0 rings (SSSR count). The second kappa shape index (κ2) is 7.56. The Hall–Kier alpha value is -0.830. The molecule has 0 fully saturated rings. The van der Waals surface area contributed by atoms with Crippen molar-refractivity contribution in [2.45, 2.75) is 20.3 Å². The number of hydrogen-bond donors (Lipinski definition) is 1. The van der Waals surface area contributed by atoms with E-state index in [-0.39, 0.29) is 0 Å². The van der Waals surface area contributed by atoms with E-state index in [0.29, 0.717) is 0 Å². The van der Waals surface area contributed by atoms with Crippen LogP contribution in [0.15, 0.2) is 17.3 Å². The van der Waals surface area contributed by atoms with E-state index >= 15 is 0 Å². The third kappa shape index (κ3) is 4.42. The summed E-state index contributed by atoms with van der Waals surface area (Å²) >= 11 is 0. The number of allylic oxidation sites excluding steroid dienone is 1. The molecule has 3 nitrogen and oxygen atoms in total. The highest BCUT2D eigenvalue weighted by molar-refractivity contribution is 5.98. The summed E-state index contributed by atoms with van der Waals surface area (Å²) in [5.74, 6) is 0. The van der Waals surface area contributed by atoms with Gasteiger partial charge in [0.2, 0.25) is 0 Å². The summed E-state index contributed by atoms with van der Waals surface area (Å²) in [6, 6.07) is 0. The predicted molar refractivity (Wildman–Crippen MR) is 64.0 cm³/mol. The minimum Gasteiger partial charge on any atom is -0.372 e. The van der Waals surface area contributed by atoms with Crippen LogP contribution in [0, 0.1) is 0 Å². The second-order valence-electron chi connectivity index (χ2n) is 3.25. The Labute approximate surface area is 87.9 Å². The normalized spacial score (nSPS) is 11.6. The maximum atomic E-state index is 4.43. The summed E-state index contributed by atoms with van der Waals surface area (Å²) in [6.45, 7) is 11.0. The first-order valence-electron chi connectivity index (χ1n) is 5.25. The van der Waals surface area contributed by atoms with Crippen LogP contribution < -0.4 is 5.32 Å². The first-order chi connectivity index (χ1) is 6.67. The third-order valence-corrected chi connectivity index (χ3v) is 2.17. The quantitative estimate of drug-likeness (QED) is 0.627. The van der Waals surface area contributed by atoms with Crippen LogP contribution in [0.2, 0.25) is 0 Å². The molecule has 0 spiro atoms. The van der Waals surface area contributed by atoms with Crippen molar-refractivity contribution < 1.29 is 0 Å². The molecule has 0 unspecified atom stereocenters. The minimum absolute atomic E-state index is 0.835. The third-order valence-electron chi connectivity index (χ3n) is 2.17. The average molecular weight is 197 g/mol. The van der Waals surface area contributed by atoms with Gasteiger partial charge in [0, 0.05) is 26.7 Å². The van der Waals surface area contributed by atoms with E-state index in [1.165, 1.54) is 0 Å². The summed E-state index contributed by atoms with van der Waals surface area (Å²) < 4.78 is 0. The van der Waals surface area contributed by atoms with E-state index in [1.54, 1.807) is 0 Å². The smallest absolute Gasteiger partial charge is 0.0572 e. The van der Waals surface area contributed by atoms with Gasteiger partial charge < -0.3 is 10.2 Å². The topological polar surface area (TPSA) is 27.6 Å². The number of hydrogen-bond acceptors (Lipinski definition) is 3. The largest absolute Gasteiger partial charge is 0.372 e. The van der Waals surface area contributed by atoms with Crippen molar-refractivity contribution in [2.24, 2.45) is 4.99 Å². The van der Waals surface area contributed by atoms with Crippen molar-refractivity contribution in [1.29, 1.82) is 0 Å². The van der Waals surface area contributed by atoms with Crippen LogP contribution in [-0.2, 0) is 0 Å². The molecule has 0 aromatic rings. The molecule has 0 radical (unpaired) electrons. The van der Waals surface area contributed by atoms with Crippen molar-refractivity contribution in [3.63, 3.8) is 0 Å². The first kappa shape index (κ1) is 13.2. The molecular weight excluding hydrogens is 174 g/mol. The number of likely N-dealkylation sites (N-methyl/N-ethyl adjacent to an activating group) is 2. The van der Waals surface area contributed by atoms with Gasteiger partial charge in [-0.15, -0.1) is 0 Å². The molecule has 82 valence electrons. The van der Waals surface area contributed by atoms with Gasteiger partial charge >= 0.3 is 0 Å². The summed E-state index contributed by atoms with van der Waals surface area (Å²) in [6.07, 6.45) is 0.955. The minimum atomic E-state index is 0.835. The average Bonchev–Trinajstić information content (AvgIpc) is 2.21. The van der Waals surface area contributed by atoms with Crippen LogP contribution in [0.1, 0.15) is 20.3 Å². The van der Waals surface area contributed by atoms with Crippen molar-refractivity contribution in [3.05, 3.63) is 12.3 Å². The van der Waals surface area contributed by atoms with Gasteiger partial charge in [0.05, 0.1) is 11.4 Å². The fraction of sp³-hybridized carbons (Fsp3) is 0.727. The zero-order chi connectivity index (χ0) is 11.0. The van der Waals surface area contributed by atoms with Gasteiger partial charge in [-0.25, -0.2) is 0 Å². The van der Waals surface area contributed by atoms with Crippen molar-refractivity contribution in [2.75, 3.05) is 33.7 Å². The van der Waals surface area contributed by atoms with Gasteiger partial charge in [0.15, 0.2) is 0 Å². The van der Waals surface area contributed by atoms with Crippen molar-refractivity contribution >= 4 is 5.71 Å². The van der Waals surface area contributed by atoms with E-state index in [1.807, 2.05) is 7.05 Å². The monoisotopic (exact) mass is 197 g/mol. The van der Waals surface area contributed by atoms with Crippen LogP contribution in [-0.4, -0.2) is 44.3 Å². The highest BCUT2D eigenvalue weighted by Crippen LogP contribution is 2.04. The lowest BCUT2D eigenvalue weighted by atomic mass is 10.2. The zero-order valence-corrected chi connectivity index (χ0v) is 9.93. The Bertz CT molecular complexity index is 197. The van der Waals surface area contributed by atoms with Crippen LogP contribution in [0.3, 0.4) is 0 Å². The Morgan fingerprint density at radius 1 is 1.43 bits per heavy atom. The van der Waals surface area contributed by atoms with E-state index in [2.05, 4.69) is 42.7 Å². The van der Waals surface area contributed by atoms with Crippen LogP contribution in [0.4, 0.5) is 0 Å². The molecule has 0 aromatic heterocycles. The molecule has 0 aliphatic rings. The van der Waals surface area contributed by atoms with Crippen LogP contribution >= 0.6 is 0 Å². The lowest BCUT2D eigenvalue weighted by Crippen LogP contribution is -2.29. The molecule has 14 heavy (non-hydrogen) atoms. The highest BCUT2D eigenvalue weighted by atomic mass is 15.1. The van der Waals surface area contributed by atoms with Gasteiger partial charge in [0.1, 0.15) is 0 Å². The molecule has 0 aliphatic heterocycles. The standard InChI is InChI=1S/C11H23N3/c1-6-11(13-7-2)10(3)14(5)9-8-12-4/h12H,3,6-9H2,1-2,4-5H3. The SMILES string of the molecule is C=C(C(CC)=NCC)N(C)CCNC. The Morgan fingerprint density at radius 3 is 2.50 bits per heavy atom. The lowest BCUT2D eigenvalue weighted by Gasteiger charge is -2.22. The molecule has 0 bridgehead atoms. The molecular formula is C11H23N3. The highest BCUT2D eigenvalue weighted by Gasteiger charge is 2.06. The van der Waals surface area contributed by atoms with Crippen LogP contribution in [0.5, 0.6) is 0 Å². The van der Waals surface area contributed by atoms with Gasteiger partial charge in [-0.2, -0.15) is 0 Å². The Kier molecular flexibility index (Phi) is 7.11.